The minimum absolute atomic E-state index is 0. The number of aryl methyl sites for hydroxylation is 2. The number of nitrogens with zero attached hydrogens (tertiary/aromatic N) is 4. The molecule has 28 heteroatoms. The van der Waals surface area contributed by atoms with Gasteiger partial charge in [0.25, 0.3) is 0 Å². The third-order valence-electron chi connectivity index (χ3n) is 12.5. The zero-order chi connectivity index (χ0) is 58.2. The minimum atomic E-state index is -4.59. The molecule has 6 rings (SSSR count). The predicted octanol–water partition coefficient (Wildman–Crippen LogP) is 11.1. The second kappa shape index (κ2) is 35.1. The number of unbranched alkanes of at least 4 members (excludes halogenated alkanes) is 2. The number of fused-ring (bicyclic) bond motifs is 2. The molecule has 2 heterocycles. The average Bonchev–Trinajstić information content (AvgIpc) is 3.45. The van der Waals surface area contributed by atoms with E-state index in [-0.39, 0.29) is 114 Å². The molecule has 82 heavy (non-hydrogen) atoms. The van der Waals surface area contributed by atoms with Crippen molar-refractivity contribution in [1.29, 1.82) is 0 Å². The molecule has 0 bridgehead atoms. The number of anilines is 2. The van der Waals surface area contributed by atoms with Crippen LogP contribution in [0.25, 0.3) is 21.5 Å². The maximum atomic E-state index is 14.0. The number of rotatable bonds is 28. The number of phosphoric acid groups is 2. The summed E-state index contributed by atoms with van der Waals surface area (Å²) in [4.78, 5) is 79.6. The second-order valence-corrected chi connectivity index (χ2v) is 21.1. The van der Waals surface area contributed by atoms with Crippen LogP contribution in [0.4, 0.5) is 38.8 Å². The summed E-state index contributed by atoms with van der Waals surface area (Å²) in [7, 11) is -2.70. The number of carbonyl (C=O) groups is 4. The van der Waals surface area contributed by atoms with E-state index in [0.717, 1.165) is 33.7 Å². The fraction of sp³-hybridized carbons (Fsp3) is 0.370. The van der Waals surface area contributed by atoms with Crippen molar-refractivity contribution in [1.82, 2.24) is 19.8 Å². The van der Waals surface area contributed by atoms with Crippen LogP contribution in [0.1, 0.15) is 62.5 Å². The molecule has 0 aliphatic heterocycles. The Balaban J connectivity index is 0.000000420. The van der Waals surface area contributed by atoms with Crippen LogP contribution in [-0.2, 0) is 59.1 Å². The van der Waals surface area contributed by atoms with Gasteiger partial charge >= 0.3 is 27.8 Å². The zero-order valence-corrected chi connectivity index (χ0v) is 49.2. The Labute approximate surface area is 486 Å². The fourth-order valence-corrected chi connectivity index (χ4v) is 9.02. The van der Waals surface area contributed by atoms with E-state index in [9.17, 15) is 45.9 Å². The quantitative estimate of drug-likeness (QED) is 0.0202. The number of carbonyl (C=O) groups excluding carboxylic acids is 4. The first-order chi connectivity index (χ1) is 38.2. The van der Waals surface area contributed by atoms with Crippen molar-refractivity contribution in [3.05, 3.63) is 144 Å². The van der Waals surface area contributed by atoms with Crippen LogP contribution in [0.2, 0.25) is 0 Å². The second-order valence-electron chi connectivity index (χ2n) is 18.0. The number of ether oxygens (including phenoxy) is 2. The fourth-order valence-electron chi connectivity index (χ4n) is 7.94. The molecule has 2 aromatic heterocycles. The summed E-state index contributed by atoms with van der Waals surface area (Å²) in [5, 5.41) is 8.72. The van der Waals surface area contributed by atoms with E-state index < -0.39 is 63.2 Å². The van der Waals surface area contributed by atoms with Crippen molar-refractivity contribution in [3.63, 3.8) is 0 Å². The van der Waals surface area contributed by atoms with Gasteiger partial charge in [0.1, 0.15) is 24.8 Å². The van der Waals surface area contributed by atoms with Crippen molar-refractivity contribution < 1.29 is 83.2 Å². The number of hydrogen-bond acceptors (Lipinski definition) is 14. The summed E-state index contributed by atoms with van der Waals surface area (Å²) in [6.07, 6.45) is 3.91. The lowest BCUT2D eigenvalue weighted by atomic mass is 10.1. The number of aromatic nitrogens is 2. The van der Waals surface area contributed by atoms with Crippen molar-refractivity contribution >= 4 is 99.8 Å². The highest BCUT2D eigenvalue weighted by molar-refractivity contribution is 7.59. The van der Waals surface area contributed by atoms with Gasteiger partial charge in [-0.2, -0.15) is 27.0 Å². The Morgan fingerprint density at radius 3 is 1.35 bits per heavy atom. The van der Waals surface area contributed by atoms with Crippen LogP contribution in [-0.4, -0.2) is 120 Å². The third kappa shape index (κ3) is 23.2. The molecule has 4 N–H and O–H groups in total. The standard InChI is InChI=1S/C28H34F2N3O7P.C26H30F2N3O7P.2H2S/c1-33(26(34)15-14-20-11-8-13-24(29)27(20)30)23(12-6-7-16-40-41(36,37-2)38-3)19-39-28(35)32-25-17-21-9-4-5-10-22(21)18-31-25;1-31(24(32)13-12-18-9-6-11-22(27)25(18)28)21(10-4-5-14-38-39(34,35)36)17-37-26(33)30-23-15-19-7-2-3-8-20(19)16-29-23;;/h4-5,8-11,13,17-18,23H,6-7,12,14-16,19H2,1-3H3,(H,31,32,35);2-3,6-9,11,15-16,21H,4-5,10,12-14,17H2,1H3,(H,29,30,33)(H2,34,35,36);2*1H2/t23-;21-;;/m00../s1. The lowest BCUT2D eigenvalue weighted by Crippen LogP contribution is -2.41. The van der Waals surface area contributed by atoms with Crippen molar-refractivity contribution in [2.75, 3.05) is 65.4 Å². The zero-order valence-electron chi connectivity index (χ0n) is 45.4. The van der Waals surface area contributed by atoms with E-state index in [1.807, 2.05) is 48.5 Å². The van der Waals surface area contributed by atoms with E-state index >= 15 is 0 Å². The SMILES string of the molecule is CN(C(=O)CCc1cccc(F)c1F)[C@@H](CCCCOP(=O)(O)O)COC(=O)Nc1cc2ccccc2cn1.COP(=O)(OC)OCCCC[C@@H](COC(=O)Nc1cc2ccccc2cn1)N(C)C(=O)CCc1cccc(F)c1F.S.S. The smallest absolute Gasteiger partial charge is 0.447 e. The first-order valence-corrected chi connectivity index (χ1v) is 28.2. The average molecular weight is 1230 g/mol. The summed E-state index contributed by atoms with van der Waals surface area (Å²) in [5.41, 5.74) is 0.168. The number of phosphoric ester groups is 2. The maximum Gasteiger partial charge on any atom is 0.474 e. The molecule has 0 fully saturated rings. The monoisotopic (exact) mass is 1230 g/mol. The number of amides is 4. The minimum Gasteiger partial charge on any atom is -0.447 e. The predicted molar refractivity (Wildman–Crippen MR) is 310 cm³/mol. The molecule has 448 valence electrons. The summed E-state index contributed by atoms with van der Waals surface area (Å²) in [5.74, 6) is -4.08. The van der Waals surface area contributed by atoms with Crippen molar-refractivity contribution in [2.24, 2.45) is 0 Å². The van der Waals surface area contributed by atoms with Crippen LogP contribution in [0.3, 0.4) is 0 Å². The molecule has 0 aliphatic carbocycles. The van der Waals surface area contributed by atoms with E-state index in [2.05, 4.69) is 25.1 Å². The van der Waals surface area contributed by atoms with Crippen LogP contribution in [0.15, 0.2) is 109 Å². The highest BCUT2D eigenvalue weighted by Crippen LogP contribution is 2.47. The van der Waals surface area contributed by atoms with Gasteiger partial charge in [-0.3, -0.25) is 38.3 Å². The van der Waals surface area contributed by atoms with Gasteiger partial charge in [0.05, 0.1) is 25.3 Å². The highest BCUT2D eigenvalue weighted by Gasteiger charge is 2.26. The van der Waals surface area contributed by atoms with Gasteiger partial charge in [-0.1, -0.05) is 72.8 Å². The van der Waals surface area contributed by atoms with Crippen LogP contribution in [0.5, 0.6) is 0 Å². The highest BCUT2D eigenvalue weighted by atomic mass is 32.1. The molecule has 0 radical (unpaired) electrons. The number of hydrogen-bond donors (Lipinski definition) is 4. The molecule has 0 saturated heterocycles. The number of nitrogens with one attached hydrogen (secondary N) is 2. The van der Waals surface area contributed by atoms with Gasteiger partial charge in [-0.25, -0.2) is 46.2 Å². The molecule has 2 atom stereocenters. The van der Waals surface area contributed by atoms with E-state index in [0.29, 0.717) is 37.9 Å². The molecule has 0 unspecified atom stereocenters. The molecule has 6 aromatic rings. The Morgan fingerprint density at radius 1 is 0.573 bits per heavy atom. The largest absolute Gasteiger partial charge is 0.474 e. The number of halogens is 4. The summed E-state index contributed by atoms with van der Waals surface area (Å²) in [6, 6.07) is 24.9. The topological polar surface area (TPSA) is 255 Å². The summed E-state index contributed by atoms with van der Waals surface area (Å²) in [6.45, 7) is -0.430. The van der Waals surface area contributed by atoms with Gasteiger partial charge in [0.2, 0.25) is 11.8 Å². The van der Waals surface area contributed by atoms with Gasteiger partial charge in [-0.15, -0.1) is 0 Å². The molecular weight excluding hydrogens is 1160 g/mol. The molecule has 0 saturated carbocycles. The molecule has 4 amide bonds. The normalized spacial score (nSPS) is 11.9. The molecule has 0 spiro atoms. The van der Waals surface area contributed by atoms with Crippen LogP contribution in [0, 0.1) is 23.3 Å². The lowest BCUT2D eigenvalue weighted by Gasteiger charge is -2.28. The van der Waals surface area contributed by atoms with E-state index in [1.165, 1.54) is 55.3 Å². The number of pyridine rings is 2. The molecule has 4 aromatic carbocycles. The van der Waals surface area contributed by atoms with Gasteiger partial charge < -0.3 is 29.1 Å². The lowest BCUT2D eigenvalue weighted by molar-refractivity contribution is -0.133. The Kier molecular flexibility index (Phi) is 30.0. The number of benzene rings is 4. The Morgan fingerprint density at radius 2 is 0.963 bits per heavy atom. The first-order valence-electron chi connectivity index (χ1n) is 25.2. The molecule has 20 nitrogen and oxygen atoms in total. The summed E-state index contributed by atoms with van der Waals surface area (Å²) < 4.78 is 108. The van der Waals surface area contributed by atoms with Crippen molar-refractivity contribution in [2.45, 2.75) is 76.3 Å². The Hall–Kier alpha value is -6.18. The molecule has 0 aliphatic rings. The maximum absolute atomic E-state index is 14.0. The first kappa shape index (κ1) is 70.1. The van der Waals surface area contributed by atoms with Gasteiger partial charge in [0, 0.05) is 64.3 Å². The van der Waals surface area contributed by atoms with E-state index in [1.54, 1.807) is 31.6 Å². The van der Waals surface area contributed by atoms with Gasteiger partial charge in [-0.05, 0) is 97.5 Å². The van der Waals surface area contributed by atoms with Crippen molar-refractivity contribution in [3.8, 4) is 0 Å². The van der Waals surface area contributed by atoms with Crippen LogP contribution >= 0.6 is 42.6 Å². The molecular formula is C54H68F4N6O14P2S2. The van der Waals surface area contributed by atoms with Crippen LogP contribution < -0.4 is 10.6 Å². The Bertz CT molecular complexity index is 3130. The third-order valence-corrected chi connectivity index (χ3v) is 14.4. The van der Waals surface area contributed by atoms with Gasteiger partial charge in [0.15, 0.2) is 23.3 Å². The van der Waals surface area contributed by atoms with E-state index in [4.69, 9.17) is 32.8 Å². The summed E-state index contributed by atoms with van der Waals surface area (Å²) >= 11 is 0. The number of likely N-dealkylation sites (N-methyl/N-ethyl adjacent to an activating group) is 2.